The van der Waals surface area contributed by atoms with Crippen LogP contribution in [-0.4, -0.2) is 10.8 Å². The van der Waals surface area contributed by atoms with Crippen LogP contribution >= 0.6 is 15.9 Å². The molecule has 2 aromatic heterocycles. The second-order valence-electron chi connectivity index (χ2n) is 4.94. The number of carbonyl (C=O) groups is 1. The van der Waals surface area contributed by atoms with E-state index < -0.39 is 5.82 Å². The Labute approximate surface area is 140 Å². The van der Waals surface area contributed by atoms with Crippen molar-refractivity contribution in [1.82, 2.24) is 4.90 Å². The lowest BCUT2D eigenvalue weighted by Crippen LogP contribution is -2.30. The number of benzene rings is 1. The van der Waals surface area contributed by atoms with Gasteiger partial charge in [0.1, 0.15) is 17.3 Å². The zero-order valence-corrected chi connectivity index (χ0v) is 13.6. The van der Waals surface area contributed by atoms with Crippen molar-refractivity contribution in [1.29, 1.82) is 0 Å². The summed E-state index contributed by atoms with van der Waals surface area (Å²) in [4.78, 5) is 14.4. The van der Waals surface area contributed by atoms with Crippen molar-refractivity contribution in [3.05, 3.63) is 82.4 Å². The minimum absolute atomic E-state index is 0.253. The summed E-state index contributed by atoms with van der Waals surface area (Å²) in [5.41, 5.74) is 0.253. The van der Waals surface area contributed by atoms with Gasteiger partial charge in [0.05, 0.1) is 31.2 Å². The van der Waals surface area contributed by atoms with Crippen molar-refractivity contribution >= 4 is 21.8 Å². The Kier molecular flexibility index (Phi) is 4.62. The molecule has 0 saturated heterocycles. The number of amides is 1. The Hall–Kier alpha value is -2.34. The van der Waals surface area contributed by atoms with Gasteiger partial charge in [0, 0.05) is 4.47 Å². The van der Waals surface area contributed by atoms with Crippen molar-refractivity contribution < 1.29 is 18.0 Å². The Bertz CT molecular complexity index is 748. The first-order chi connectivity index (χ1) is 11.1. The maximum absolute atomic E-state index is 13.5. The van der Waals surface area contributed by atoms with Crippen LogP contribution in [0.2, 0.25) is 0 Å². The second-order valence-corrected chi connectivity index (χ2v) is 5.80. The molecule has 0 aliphatic heterocycles. The SMILES string of the molecule is O=C(c1cc(F)ccc1Br)N(Cc1ccco1)Cc1ccco1. The quantitative estimate of drug-likeness (QED) is 0.651. The first-order valence-electron chi connectivity index (χ1n) is 6.92. The van der Waals surface area contributed by atoms with Crippen molar-refractivity contribution in [3.8, 4) is 0 Å². The standard InChI is InChI=1S/C17H13BrFNO3/c18-16-6-5-12(19)9-15(16)17(21)20(10-13-3-1-7-22-13)11-14-4-2-8-23-14/h1-9H,10-11H2. The van der Waals surface area contributed by atoms with Crippen LogP contribution in [0.25, 0.3) is 0 Å². The fourth-order valence-electron chi connectivity index (χ4n) is 2.21. The third-order valence-electron chi connectivity index (χ3n) is 3.30. The lowest BCUT2D eigenvalue weighted by molar-refractivity contribution is 0.0703. The first-order valence-corrected chi connectivity index (χ1v) is 7.72. The zero-order valence-electron chi connectivity index (χ0n) is 12.0. The van der Waals surface area contributed by atoms with E-state index in [9.17, 15) is 9.18 Å². The molecule has 0 N–H and O–H groups in total. The highest BCUT2D eigenvalue weighted by atomic mass is 79.9. The van der Waals surface area contributed by atoms with Gasteiger partial charge in [-0.3, -0.25) is 4.79 Å². The third kappa shape index (κ3) is 3.71. The van der Waals surface area contributed by atoms with Gasteiger partial charge in [-0.1, -0.05) is 0 Å². The molecule has 2 heterocycles. The van der Waals surface area contributed by atoms with Crippen LogP contribution < -0.4 is 0 Å². The predicted octanol–water partition coefficient (Wildman–Crippen LogP) is 4.62. The minimum atomic E-state index is -0.465. The summed E-state index contributed by atoms with van der Waals surface area (Å²) >= 11 is 3.29. The molecule has 6 heteroatoms. The van der Waals surface area contributed by atoms with Crippen LogP contribution in [0.1, 0.15) is 21.9 Å². The van der Waals surface area contributed by atoms with Crippen molar-refractivity contribution in [3.63, 3.8) is 0 Å². The molecule has 23 heavy (non-hydrogen) atoms. The van der Waals surface area contributed by atoms with E-state index in [2.05, 4.69) is 15.9 Å². The largest absolute Gasteiger partial charge is 0.467 e. The van der Waals surface area contributed by atoms with Crippen molar-refractivity contribution in [2.75, 3.05) is 0 Å². The first kappa shape index (κ1) is 15.6. The van der Waals surface area contributed by atoms with E-state index in [0.29, 0.717) is 16.0 Å². The summed E-state index contributed by atoms with van der Waals surface area (Å²) in [6, 6.07) is 11.1. The van der Waals surface area contributed by atoms with Gasteiger partial charge >= 0.3 is 0 Å². The van der Waals surface area contributed by atoms with E-state index in [-0.39, 0.29) is 24.6 Å². The molecule has 1 amide bonds. The number of halogens is 2. The summed E-state index contributed by atoms with van der Waals surface area (Å²) in [7, 11) is 0. The number of rotatable bonds is 5. The second kappa shape index (κ2) is 6.83. The van der Waals surface area contributed by atoms with Crippen LogP contribution in [0.3, 0.4) is 0 Å². The normalized spacial score (nSPS) is 10.7. The summed E-state index contributed by atoms with van der Waals surface area (Å²) in [5.74, 6) is 0.492. The Morgan fingerprint density at radius 2 is 1.65 bits per heavy atom. The average Bonchev–Trinajstić information content (AvgIpc) is 3.22. The summed E-state index contributed by atoms with van der Waals surface area (Å²) in [6.07, 6.45) is 3.09. The third-order valence-corrected chi connectivity index (χ3v) is 3.99. The topological polar surface area (TPSA) is 46.6 Å². The molecule has 0 aliphatic rings. The summed E-state index contributed by atoms with van der Waals surface area (Å²) in [5, 5.41) is 0. The maximum atomic E-state index is 13.5. The maximum Gasteiger partial charge on any atom is 0.255 e. The molecule has 0 fully saturated rings. The molecule has 0 spiro atoms. The molecule has 0 radical (unpaired) electrons. The molecular formula is C17H13BrFNO3. The molecule has 0 unspecified atom stereocenters. The number of nitrogens with zero attached hydrogens (tertiary/aromatic N) is 1. The predicted molar refractivity (Wildman–Crippen MR) is 85.1 cm³/mol. The lowest BCUT2D eigenvalue weighted by Gasteiger charge is -2.21. The molecule has 0 saturated carbocycles. The van der Waals surface area contributed by atoms with E-state index in [1.807, 2.05) is 0 Å². The molecule has 3 rings (SSSR count). The summed E-state index contributed by atoms with van der Waals surface area (Å²) in [6.45, 7) is 0.519. The van der Waals surface area contributed by atoms with Gasteiger partial charge < -0.3 is 13.7 Å². The molecule has 0 bridgehead atoms. The smallest absolute Gasteiger partial charge is 0.255 e. The molecular weight excluding hydrogens is 365 g/mol. The number of hydrogen-bond donors (Lipinski definition) is 0. The van der Waals surface area contributed by atoms with Gasteiger partial charge in [0.2, 0.25) is 0 Å². The lowest BCUT2D eigenvalue weighted by atomic mass is 10.2. The molecule has 3 aromatic rings. The van der Waals surface area contributed by atoms with E-state index >= 15 is 0 Å². The van der Waals surface area contributed by atoms with Gasteiger partial charge in [-0.2, -0.15) is 0 Å². The van der Waals surface area contributed by atoms with Crippen LogP contribution in [0.5, 0.6) is 0 Å². The average molecular weight is 378 g/mol. The van der Waals surface area contributed by atoms with Gasteiger partial charge in [-0.05, 0) is 58.4 Å². The van der Waals surface area contributed by atoms with Crippen LogP contribution in [0.4, 0.5) is 4.39 Å². The Balaban J connectivity index is 1.89. The molecule has 0 aliphatic carbocycles. The van der Waals surface area contributed by atoms with Gasteiger partial charge in [-0.15, -0.1) is 0 Å². The highest BCUT2D eigenvalue weighted by molar-refractivity contribution is 9.10. The monoisotopic (exact) mass is 377 g/mol. The van der Waals surface area contributed by atoms with E-state index in [4.69, 9.17) is 8.83 Å². The molecule has 0 atom stereocenters. The van der Waals surface area contributed by atoms with Crippen molar-refractivity contribution in [2.24, 2.45) is 0 Å². The van der Waals surface area contributed by atoms with Crippen LogP contribution in [0.15, 0.2) is 68.3 Å². The van der Waals surface area contributed by atoms with E-state index in [0.717, 1.165) is 0 Å². The summed E-state index contributed by atoms with van der Waals surface area (Å²) < 4.78 is 24.7. The zero-order chi connectivity index (χ0) is 16.2. The highest BCUT2D eigenvalue weighted by Gasteiger charge is 2.21. The molecule has 1 aromatic carbocycles. The highest BCUT2D eigenvalue weighted by Crippen LogP contribution is 2.22. The van der Waals surface area contributed by atoms with E-state index in [1.54, 1.807) is 36.8 Å². The van der Waals surface area contributed by atoms with Crippen LogP contribution in [-0.2, 0) is 13.1 Å². The fraction of sp³-hybridized carbons (Fsp3) is 0.118. The molecule has 118 valence electrons. The number of hydrogen-bond acceptors (Lipinski definition) is 3. The van der Waals surface area contributed by atoms with Crippen LogP contribution in [0, 0.1) is 5.82 Å². The molecule has 4 nitrogen and oxygen atoms in total. The van der Waals surface area contributed by atoms with Gasteiger partial charge in [0.25, 0.3) is 5.91 Å². The number of carbonyl (C=O) groups excluding carboxylic acids is 1. The number of furan rings is 2. The van der Waals surface area contributed by atoms with Crippen molar-refractivity contribution in [2.45, 2.75) is 13.1 Å². The van der Waals surface area contributed by atoms with Gasteiger partial charge in [0.15, 0.2) is 0 Å². The fourth-order valence-corrected chi connectivity index (χ4v) is 2.63. The Morgan fingerprint density at radius 3 is 2.17 bits per heavy atom. The van der Waals surface area contributed by atoms with Gasteiger partial charge in [-0.25, -0.2) is 4.39 Å². The van der Waals surface area contributed by atoms with E-state index in [1.165, 1.54) is 23.1 Å². The minimum Gasteiger partial charge on any atom is -0.467 e. The Morgan fingerprint density at radius 1 is 1.04 bits per heavy atom.